The summed E-state index contributed by atoms with van der Waals surface area (Å²) in [6.07, 6.45) is 0.708. The molecule has 0 aliphatic heterocycles. The van der Waals surface area contributed by atoms with E-state index in [0.29, 0.717) is 24.6 Å². The standard InChI is InChI=1S/C23H21N3O2/c1-16(17-8-3-2-4-9-17)24-21(27)14-15-22-25-23(26-28-22)20-13-7-11-18-10-5-6-12-19(18)20/h2-13,16H,14-15H2,1H3,(H,24,27)/t16-/m0/s1. The number of amides is 1. The largest absolute Gasteiger partial charge is 0.350 e. The highest BCUT2D eigenvalue weighted by Crippen LogP contribution is 2.26. The summed E-state index contributed by atoms with van der Waals surface area (Å²) >= 11 is 0. The summed E-state index contributed by atoms with van der Waals surface area (Å²) in [6, 6.07) is 23.9. The third-order valence-corrected chi connectivity index (χ3v) is 4.74. The van der Waals surface area contributed by atoms with Gasteiger partial charge in [-0.2, -0.15) is 4.98 Å². The van der Waals surface area contributed by atoms with Crippen molar-refractivity contribution in [2.24, 2.45) is 0 Å². The zero-order valence-corrected chi connectivity index (χ0v) is 15.6. The van der Waals surface area contributed by atoms with Crippen LogP contribution in [0.25, 0.3) is 22.2 Å². The Kier molecular flexibility index (Phi) is 5.15. The summed E-state index contributed by atoms with van der Waals surface area (Å²) in [5.74, 6) is 0.969. The Labute approximate surface area is 163 Å². The van der Waals surface area contributed by atoms with Crippen LogP contribution in [0.5, 0.6) is 0 Å². The summed E-state index contributed by atoms with van der Waals surface area (Å²) in [4.78, 5) is 16.7. The fourth-order valence-electron chi connectivity index (χ4n) is 3.25. The number of hydrogen-bond acceptors (Lipinski definition) is 4. The first-order valence-electron chi connectivity index (χ1n) is 9.36. The minimum atomic E-state index is -0.0405. The number of benzene rings is 3. The van der Waals surface area contributed by atoms with Crippen molar-refractivity contribution in [2.75, 3.05) is 0 Å². The molecule has 5 nitrogen and oxygen atoms in total. The molecule has 1 N–H and O–H groups in total. The van der Waals surface area contributed by atoms with Crippen molar-refractivity contribution in [3.05, 3.63) is 84.3 Å². The van der Waals surface area contributed by atoms with E-state index >= 15 is 0 Å². The molecule has 0 radical (unpaired) electrons. The van der Waals surface area contributed by atoms with Crippen LogP contribution < -0.4 is 5.32 Å². The van der Waals surface area contributed by atoms with Crippen molar-refractivity contribution < 1.29 is 9.32 Å². The quantitative estimate of drug-likeness (QED) is 0.533. The number of carbonyl (C=O) groups excluding carboxylic acids is 1. The van der Waals surface area contributed by atoms with Crippen LogP contribution in [0, 0.1) is 0 Å². The molecule has 4 rings (SSSR count). The van der Waals surface area contributed by atoms with Gasteiger partial charge in [-0.05, 0) is 23.3 Å². The van der Waals surface area contributed by atoms with Crippen LogP contribution in [-0.4, -0.2) is 16.0 Å². The first kappa shape index (κ1) is 17.9. The minimum Gasteiger partial charge on any atom is -0.350 e. The minimum absolute atomic E-state index is 0.0392. The van der Waals surface area contributed by atoms with Gasteiger partial charge in [0.1, 0.15) is 0 Å². The van der Waals surface area contributed by atoms with E-state index in [1.165, 1.54) is 0 Å². The van der Waals surface area contributed by atoms with Gasteiger partial charge in [0, 0.05) is 18.4 Å². The third-order valence-electron chi connectivity index (χ3n) is 4.74. The predicted molar refractivity (Wildman–Crippen MR) is 109 cm³/mol. The number of carbonyl (C=O) groups is 1. The van der Waals surface area contributed by atoms with E-state index in [1.807, 2.05) is 67.6 Å². The van der Waals surface area contributed by atoms with Gasteiger partial charge in [-0.3, -0.25) is 4.79 Å². The highest BCUT2D eigenvalue weighted by Gasteiger charge is 2.14. The van der Waals surface area contributed by atoms with E-state index in [4.69, 9.17) is 4.52 Å². The number of rotatable bonds is 6. The fraction of sp³-hybridized carbons (Fsp3) is 0.174. The zero-order valence-electron chi connectivity index (χ0n) is 15.6. The van der Waals surface area contributed by atoms with Crippen LogP contribution in [0.4, 0.5) is 0 Å². The predicted octanol–water partition coefficient (Wildman–Crippen LogP) is 4.70. The first-order valence-corrected chi connectivity index (χ1v) is 9.36. The molecule has 0 spiro atoms. The van der Waals surface area contributed by atoms with Gasteiger partial charge in [-0.1, -0.05) is 78.0 Å². The van der Waals surface area contributed by atoms with Crippen LogP contribution in [0.3, 0.4) is 0 Å². The molecule has 1 amide bonds. The van der Waals surface area contributed by atoms with E-state index in [1.54, 1.807) is 0 Å². The number of nitrogens with zero attached hydrogens (tertiary/aromatic N) is 2. The number of aryl methyl sites for hydroxylation is 1. The fourth-order valence-corrected chi connectivity index (χ4v) is 3.25. The third kappa shape index (κ3) is 3.93. The SMILES string of the molecule is C[C@H](NC(=O)CCc1nc(-c2cccc3ccccc23)no1)c1ccccc1. The molecule has 140 valence electrons. The van der Waals surface area contributed by atoms with Crippen molar-refractivity contribution in [1.82, 2.24) is 15.5 Å². The Hall–Kier alpha value is -3.47. The van der Waals surface area contributed by atoms with Gasteiger partial charge in [0.15, 0.2) is 0 Å². The Balaban J connectivity index is 1.40. The summed E-state index contributed by atoms with van der Waals surface area (Å²) in [5, 5.41) is 9.31. The van der Waals surface area contributed by atoms with Crippen molar-refractivity contribution in [2.45, 2.75) is 25.8 Å². The number of nitrogens with one attached hydrogen (secondary N) is 1. The van der Waals surface area contributed by atoms with Crippen LogP contribution in [0.2, 0.25) is 0 Å². The summed E-state index contributed by atoms with van der Waals surface area (Å²) < 4.78 is 5.37. The molecule has 0 fully saturated rings. The van der Waals surface area contributed by atoms with Crippen molar-refractivity contribution >= 4 is 16.7 Å². The van der Waals surface area contributed by atoms with Gasteiger partial charge in [-0.25, -0.2) is 0 Å². The molecule has 0 aliphatic carbocycles. The number of fused-ring (bicyclic) bond motifs is 1. The lowest BCUT2D eigenvalue weighted by Crippen LogP contribution is -2.26. The van der Waals surface area contributed by atoms with Crippen molar-refractivity contribution in [3.8, 4) is 11.4 Å². The molecule has 0 unspecified atom stereocenters. The highest BCUT2D eigenvalue weighted by molar-refractivity contribution is 5.94. The van der Waals surface area contributed by atoms with Crippen LogP contribution in [-0.2, 0) is 11.2 Å². The number of hydrogen-bond donors (Lipinski definition) is 1. The van der Waals surface area contributed by atoms with E-state index in [9.17, 15) is 4.79 Å². The first-order chi connectivity index (χ1) is 13.7. The lowest BCUT2D eigenvalue weighted by atomic mass is 10.0. The van der Waals surface area contributed by atoms with E-state index in [2.05, 4.69) is 27.6 Å². The van der Waals surface area contributed by atoms with Gasteiger partial charge in [0.05, 0.1) is 6.04 Å². The van der Waals surface area contributed by atoms with E-state index in [-0.39, 0.29) is 11.9 Å². The molecular formula is C23H21N3O2. The van der Waals surface area contributed by atoms with Gasteiger partial charge < -0.3 is 9.84 Å². The van der Waals surface area contributed by atoms with Crippen LogP contribution >= 0.6 is 0 Å². The Morgan fingerprint density at radius 3 is 2.61 bits per heavy atom. The molecule has 3 aromatic carbocycles. The second kappa shape index (κ2) is 8.05. The molecule has 0 saturated carbocycles. The molecule has 4 aromatic rings. The van der Waals surface area contributed by atoms with Gasteiger partial charge in [-0.15, -0.1) is 0 Å². The second-order valence-electron chi connectivity index (χ2n) is 6.74. The maximum atomic E-state index is 12.3. The van der Waals surface area contributed by atoms with Crippen LogP contribution in [0.1, 0.15) is 30.8 Å². The smallest absolute Gasteiger partial charge is 0.227 e. The number of aromatic nitrogens is 2. The average Bonchev–Trinajstić information content (AvgIpc) is 3.21. The van der Waals surface area contributed by atoms with E-state index < -0.39 is 0 Å². The molecule has 5 heteroatoms. The summed E-state index contributed by atoms with van der Waals surface area (Å²) in [5.41, 5.74) is 2.00. The van der Waals surface area contributed by atoms with Crippen molar-refractivity contribution in [1.29, 1.82) is 0 Å². The monoisotopic (exact) mass is 371 g/mol. The van der Waals surface area contributed by atoms with Crippen LogP contribution in [0.15, 0.2) is 77.3 Å². The maximum Gasteiger partial charge on any atom is 0.227 e. The maximum absolute atomic E-state index is 12.3. The van der Waals surface area contributed by atoms with E-state index in [0.717, 1.165) is 21.9 Å². The van der Waals surface area contributed by atoms with Gasteiger partial charge in [0.2, 0.25) is 17.6 Å². The lowest BCUT2D eigenvalue weighted by molar-refractivity contribution is -0.121. The molecule has 28 heavy (non-hydrogen) atoms. The normalized spacial score (nSPS) is 12.0. The van der Waals surface area contributed by atoms with Crippen molar-refractivity contribution in [3.63, 3.8) is 0 Å². The average molecular weight is 371 g/mol. The Morgan fingerprint density at radius 1 is 1.00 bits per heavy atom. The summed E-state index contributed by atoms with van der Waals surface area (Å²) in [6.45, 7) is 1.97. The molecule has 0 saturated heterocycles. The molecule has 0 aliphatic rings. The molecule has 1 aromatic heterocycles. The van der Waals surface area contributed by atoms with Gasteiger partial charge in [0.25, 0.3) is 0 Å². The topological polar surface area (TPSA) is 68.0 Å². The lowest BCUT2D eigenvalue weighted by Gasteiger charge is -2.13. The Bertz CT molecular complexity index is 1080. The summed E-state index contributed by atoms with van der Waals surface area (Å²) in [7, 11) is 0. The molecule has 1 heterocycles. The second-order valence-corrected chi connectivity index (χ2v) is 6.74. The highest BCUT2D eigenvalue weighted by atomic mass is 16.5. The molecular weight excluding hydrogens is 350 g/mol. The zero-order chi connectivity index (χ0) is 19.3. The Morgan fingerprint density at radius 2 is 1.75 bits per heavy atom. The molecule has 1 atom stereocenters. The molecule has 0 bridgehead atoms. The van der Waals surface area contributed by atoms with Gasteiger partial charge >= 0.3 is 0 Å².